The van der Waals surface area contributed by atoms with Gasteiger partial charge in [-0.25, -0.2) is 0 Å². The maximum absolute atomic E-state index is 4.34. The fraction of sp³-hybridized carbons (Fsp3) is 0.111. The van der Waals surface area contributed by atoms with Gasteiger partial charge in [-0.15, -0.1) is 24.0 Å². The molecule has 0 saturated heterocycles. The van der Waals surface area contributed by atoms with Gasteiger partial charge < -0.3 is 0 Å². The molecule has 0 fully saturated rings. The molecule has 0 amide bonds. The van der Waals surface area contributed by atoms with Gasteiger partial charge in [0.2, 0.25) is 0 Å². The van der Waals surface area contributed by atoms with E-state index in [1.807, 2.05) is 0 Å². The molecule has 0 bridgehead atoms. The van der Waals surface area contributed by atoms with Crippen LogP contribution in [0.25, 0.3) is 10.1 Å². The second-order valence-electron chi connectivity index (χ2n) is 2.67. The van der Waals surface area contributed by atoms with Crippen molar-refractivity contribution < 1.29 is 0 Å². The number of hydrogen-bond donors (Lipinski definition) is 1. The van der Waals surface area contributed by atoms with Gasteiger partial charge in [0, 0.05) is 19.9 Å². The largest absolute Gasteiger partial charge is 0.133 e. The lowest BCUT2D eigenvalue weighted by molar-refractivity contribution is 1.44. The molecule has 0 atom stereocenters. The Bertz CT molecular complexity index is 448. The van der Waals surface area contributed by atoms with E-state index in [4.69, 9.17) is 0 Å². The zero-order valence-electron chi connectivity index (χ0n) is 6.55. The Morgan fingerprint density at radius 3 is 2.85 bits per heavy atom. The van der Waals surface area contributed by atoms with Crippen LogP contribution < -0.4 is 0 Å². The molecule has 1 aromatic heterocycles. The molecule has 2 aromatic rings. The molecular formula is C9H6Br2S2. The van der Waals surface area contributed by atoms with Crippen LogP contribution in [0.15, 0.2) is 26.9 Å². The molecule has 0 nitrogen and oxygen atoms in total. The van der Waals surface area contributed by atoms with E-state index in [0.29, 0.717) is 0 Å². The molecule has 0 aliphatic heterocycles. The monoisotopic (exact) mass is 336 g/mol. The smallest absolute Gasteiger partial charge is 0.0581 e. The number of thiophene rings is 1. The Kier molecular flexibility index (Phi) is 3.03. The summed E-state index contributed by atoms with van der Waals surface area (Å²) in [5, 5.41) is 2.13. The molecule has 0 N–H and O–H groups in total. The van der Waals surface area contributed by atoms with E-state index >= 15 is 0 Å². The Morgan fingerprint density at radius 1 is 1.38 bits per heavy atom. The summed E-state index contributed by atoms with van der Waals surface area (Å²) in [4.78, 5) is 0. The Morgan fingerprint density at radius 2 is 2.15 bits per heavy atom. The molecule has 13 heavy (non-hydrogen) atoms. The van der Waals surface area contributed by atoms with Gasteiger partial charge in [-0.3, -0.25) is 0 Å². The van der Waals surface area contributed by atoms with Crippen LogP contribution in [0.1, 0.15) is 5.56 Å². The summed E-state index contributed by atoms with van der Waals surface area (Å²) in [6, 6.07) is 6.37. The summed E-state index contributed by atoms with van der Waals surface area (Å²) in [5.41, 5.74) is 1.28. The van der Waals surface area contributed by atoms with E-state index in [0.717, 1.165) is 9.54 Å². The van der Waals surface area contributed by atoms with Crippen molar-refractivity contribution in [2.75, 3.05) is 0 Å². The minimum absolute atomic E-state index is 0.876. The number of thiol groups is 1. The summed E-state index contributed by atoms with van der Waals surface area (Å²) in [6.45, 7) is 0. The third-order valence-electron chi connectivity index (χ3n) is 1.85. The minimum atomic E-state index is 0.876. The topological polar surface area (TPSA) is 0 Å². The predicted octanol–water partition coefficient (Wildman–Crippen LogP) is 4.85. The summed E-state index contributed by atoms with van der Waals surface area (Å²) in [7, 11) is 0. The van der Waals surface area contributed by atoms with Crippen LogP contribution in [0.2, 0.25) is 0 Å². The Labute approximate surface area is 103 Å². The average Bonchev–Trinajstić information content (AvgIpc) is 2.47. The highest BCUT2D eigenvalue weighted by molar-refractivity contribution is 9.11. The Hall–Kier alpha value is 0.490. The van der Waals surface area contributed by atoms with E-state index in [1.54, 1.807) is 11.3 Å². The number of benzene rings is 1. The summed E-state index contributed by atoms with van der Waals surface area (Å²) >= 11 is 13.1. The fourth-order valence-corrected chi connectivity index (χ4v) is 4.02. The van der Waals surface area contributed by atoms with Crippen molar-refractivity contribution in [1.82, 2.24) is 0 Å². The normalized spacial score (nSPS) is 11.0. The molecule has 0 radical (unpaired) electrons. The van der Waals surface area contributed by atoms with Gasteiger partial charge in [-0.2, -0.15) is 0 Å². The van der Waals surface area contributed by atoms with Crippen molar-refractivity contribution in [2.24, 2.45) is 0 Å². The first-order chi connectivity index (χ1) is 6.22. The van der Waals surface area contributed by atoms with Gasteiger partial charge in [0.25, 0.3) is 0 Å². The molecule has 0 spiro atoms. The molecule has 4 heteroatoms. The van der Waals surface area contributed by atoms with E-state index in [-0.39, 0.29) is 0 Å². The second-order valence-corrected chi connectivity index (χ2v) is 5.89. The summed E-state index contributed by atoms with van der Waals surface area (Å²) in [6.07, 6.45) is 0. The molecule has 2 rings (SSSR count). The standard InChI is InChI=1S/C9H6Br2S2/c10-4-5-1-2-7-6(9(5)11)3-8(12)13-7/h1-3,12H,4H2. The SMILES string of the molecule is Sc1cc2c(Br)c(CBr)ccc2s1. The average molecular weight is 338 g/mol. The van der Waals surface area contributed by atoms with E-state index in [1.165, 1.54) is 20.1 Å². The third-order valence-corrected chi connectivity index (χ3v) is 4.69. The van der Waals surface area contributed by atoms with Crippen LogP contribution in [-0.4, -0.2) is 0 Å². The maximum atomic E-state index is 4.34. The van der Waals surface area contributed by atoms with Crippen LogP contribution >= 0.6 is 55.8 Å². The van der Waals surface area contributed by atoms with Crippen LogP contribution in [0.5, 0.6) is 0 Å². The van der Waals surface area contributed by atoms with Crippen LogP contribution in [0.4, 0.5) is 0 Å². The Balaban J connectivity index is 2.78. The molecule has 68 valence electrons. The lowest BCUT2D eigenvalue weighted by Gasteiger charge is -2.00. The van der Waals surface area contributed by atoms with Gasteiger partial charge in [0.05, 0.1) is 4.21 Å². The molecule has 0 aliphatic rings. The van der Waals surface area contributed by atoms with E-state index in [9.17, 15) is 0 Å². The van der Waals surface area contributed by atoms with Gasteiger partial charge in [-0.05, 0) is 33.6 Å². The maximum Gasteiger partial charge on any atom is 0.0581 e. The van der Waals surface area contributed by atoms with Crippen molar-refractivity contribution in [3.63, 3.8) is 0 Å². The zero-order chi connectivity index (χ0) is 9.42. The summed E-state index contributed by atoms with van der Waals surface area (Å²) in [5.74, 6) is 0. The minimum Gasteiger partial charge on any atom is -0.133 e. The first-order valence-corrected chi connectivity index (χ1v) is 6.86. The molecule has 1 aromatic carbocycles. The van der Waals surface area contributed by atoms with Crippen molar-refractivity contribution >= 4 is 65.9 Å². The van der Waals surface area contributed by atoms with Crippen molar-refractivity contribution in [3.05, 3.63) is 28.2 Å². The highest BCUT2D eigenvalue weighted by Crippen LogP contribution is 2.35. The highest BCUT2D eigenvalue weighted by Gasteiger charge is 2.06. The van der Waals surface area contributed by atoms with Crippen LogP contribution in [0.3, 0.4) is 0 Å². The van der Waals surface area contributed by atoms with Crippen molar-refractivity contribution in [2.45, 2.75) is 9.54 Å². The number of hydrogen-bond acceptors (Lipinski definition) is 2. The van der Waals surface area contributed by atoms with Crippen LogP contribution in [-0.2, 0) is 5.33 Å². The van der Waals surface area contributed by atoms with Gasteiger partial charge in [0.15, 0.2) is 0 Å². The van der Waals surface area contributed by atoms with E-state index < -0.39 is 0 Å². The second kappa shape index (κ2) is 3.93. The molecule has 1 heterocycles. The van der Waals surface area contributed by atoms with Gasteiger partial charge in [0.1, 0.15) is 0 Å². The van der Waals surface area contributed by atoms with Gasteiger partial charge in [-0.1, -0.05) is 22.0 Å². The third kappa shape index (κ3) is 1.82. The molecule has 0 aliphatic carbocycles. The fourth-order valence-electron chi connectivity index (χ4n) is 1.21. The highest BCUT2D eigenvalue weighted by atomic mass is 79.9. The lowest BCUT2D eigenvalue weighted by Crippen LogP contribution is -1.78. The van der Waals surface area contributed by atoms with Gasteiger partial charge >= 0.3 is 0 Å². The number of fused-ring (bicyclic) bond motifs is 1. The van der Waals surface area contributed by atoms with Crippen molar-refractivity contribution in [3.8, 4) is 0 Å². The quantitative estimate of drug-likeness (QED) is 0.558. The van der Waals surface area contributed by atoms with E-state index in [2.05, 4.69) is 62.7 Å². The van der Waals surface area contributed by atoms with Crippen molar-refractivity contribution in [1.29, 1.82) is 0 Å². The number of alkyl halides is 1. The first-order valence-electron chi connectivity index (χ1n) is 3.68. The predicted molar refractivity (Wildman–Crippen MR) is 69.4 cm³/mol. The zero-order valence-corrected chi connectivity index (χ0v) is 11.4. The molecular weight excluding hydrogens is 332 g/mol. The molecule has 0 unspecified atom stereocenters. The lowest BCUT2D eigenvalue weighted by atomic mass is 10.2. The molecule has 0 saturated carbocycles. The number of rotatable bonds is 1. The van der Waals surface area contributed by atoms with Crippen LogP contribution in [0, 0.1) is 0 Å². The number of halogens is 2. The first kappa shape index (κ1) is 10.0. The summed E-state index contributed by atoms with van der Waals surface area (Å²) < 4.78 is 3.52.